The molecular weight excluding hydrogens is 348 g/mol. The van der Waals surface area contributed by atoms with E-state index in [1.54, 1.807) is 0 Å². The molecule has 0 aliphatic carbocycles. The maximum Gasteiger partial charge on any atom is 0.303 e. The number of carbonyl (C=O) groups excluding carboxylic acids is 2. The smallest absolute Gasteiger partial charge is 0.303 e. The summed E-state index contributed by atoms with van der Waals surface area (Å²) in [5.41, 5.74) is 0.990. The van der Waals surface area contributed by atoms with Crippen molar-refractivity contribution in [1.82, 2.24) is 0 Å². The summed E-state index contributed by atoms with van der Waals surface area (Å²) in [6, 6.07) is 9.57. The molecule has 1 N–H and O–H groups in total. The molecule has 1 aliphatic rings. The molecule has 0 radical (unpaired) electrons. The van der Waals surface area contributed by atoms with Crippen molar-refractivity contribution < 1.29 is 33.6 Å². The molecule has 0 bridgehead atoms. The molecule has 8 heteroatoms. The molecular formula is C17H22O7S. The minimum absolute atomic E-state index is 0.130. The van der Waals surface area contributed by atoms with Crippen LogP contribution in [0.5, 0.6) is 0 Å². The summed E-state index contributed by atoms with van der Waals surface area (Å²) in [4.78, 5) is 22.6. The van der Waals surface area contributed by atoms with Crippen molar-refractivity contribution in [3.05, 3.63) is 35.9 Å². The third-order valence-corrected chi connectivity index (χ3v) is 4.26. The van der Waals surface area contributed by atoms with Crippen LogP contribution < -0.4 is 0 Å². The zero-order valence-electron chi connectivity index (χ0n) is 14.0. The van der Waals surface area contributed by atoms with E-state index in [1.807, 2.05) is 30.3 Å². The lowest BCUT2D eigenvalue weighted by atomic mass is 10.0. The van der Waals surface area contributed by atoms with E-state index in [0.29, 0.717) is 6.61 Å². The third-order valence-electron chi connectivity index (χ3n) is 3.63. The van der Waals surface area contributed by atoms with E-state index in [-0.39, 0.29) is 6.61 Å². The molecule has 0 amide bonds. The molecule has 1 fully saturated rings. The van der Waals surface area contributed by atoms with Crippen molar-refractivity contribution in [1.29, 1.82) is 0 Å². The monoisotopic (exact) mass is 370 g/mol. The molecule has 1 aliphatic heterocycles. The zero-order valence-corrected chi connectivity index (χ0v) is 14.9. The van der Waals surface area contributed by atoms with Crippen LogP contribution in [0.1, 0.15) is 19.4 Å². The van der Waals surface area contributed by atoms with Gasteiger partial charge in [0.05, 0.1) is 24.6 Å². The van der Waals surface area contributed by atoms with Crippen LogP contribution in [0.15, 0.2) is 30.3 Å². The van der Waals surface area contributed by atoms with Gasteiger partial charge in [-0.25, -0.2) is 0 Å². The van der Waals surface area contributed by atoms with Crippen LogP contribution in [0.3, 0.4) is 0 Å². The average Bonchev–Trinajstić information content (AvgIpc) is 2.55. The van der Waals surface area contributed by atoms with E-state index in [0.717, 1.165) is 5.56 Å². The van der Waals surface area contributed by atoms with Crippen LogP contribution in [0.2, 0.25) is 0 Å². The van der Waals surface area contributed by atoms with Crippen LogP contribution in [0.4, 0.5) is 0 Å². The zero-order chi connectivity index (χ0) is 18.4. The number of thiol groups is 1. The second kappa shape index (κ2) is 9.19. The van der Waals surface area contributed by atoms with Gasteiger partial charge >= 0.3 is 11.9 Å². The summed E-state index contributed by atoms with van der Waals surface area (Å²) in [5, 5.41) is 9.49. The van der Waals surface area contributed by atoms with Crippen molar-refractivity contribution in [2.75, 3.05) is 6.61 Å². The molecule has 5 atom stereocenters. The van der Waals surface area contributed by atoms with Gasteiger partial charge < -0.3 is 24.1 Å². The number of hydrogen-bond donors (Lipinski definition) is 2. The van der Waals surface area contributed by atoms with Gasteiger partial charge in [0.15, 0.2) is 18.5 Å². The van der Waals surface area contributed by atoms with E-state index in [2.05, 4.69) is 12.6 Å². The molecule has 1 saturated heterocycles. The highest BCUT2D eigenvalue weighted by molar-refractivity contribution is 7.81. The van der Waals surface area contributed by atoms with E-state index in [9.17, 15) is 14.7 Å². The van der Waals surface area contributed by atoms with Crippen molar-refractivity contribution in [3.8, 4) is 0 Å². The minimum atomic E-state index is -1.44. The summed E-state index contributed by atoms with van der Waals surface area (Å²) in [6.45, 7) is 2.92. The number of rotatable bonds is 6. The highest BCUT2D eigenvalue weighted by atomic mass is 32.1. The van der Waals surface area contributed by atoms with Crippen molar-refractivity contribution in [2.24, 2.45) is 0 Å². The maximum absolute atomic E-state index is 11.4. The molecule has 25 heavy (non-hydrogen) atoms. The quantitative estimate of drug-likeness (QED) is 0.572. The normalized spacial score (nSPS) is 29.0. The molecule has 2 rings (SSSR count). The Labute approximate surface area is 151 Å². The molecule has 0 spiro atoms. The van der Waals surface area contributed by atoms with Gasteiger partial charge in [-0.1, -0.05) is 30.3 Å². The number of aliphatic hydroxyl groups is 1. The lowest BCUT2D eigenvalue weighted by Crippen LogP contribution is -2.59. The van der Waals surface area contributed by atoms with E-state index in [1.165, 1.54) is 13.8 Å². The van der Waals surface area contributed by atoms with Crippen LogP contribution in [0, 0.1) is 0 Å². The topological polar surface area (TPSA) is 91.3 Å². The van der Waals surface area contributed by atoms with Crippen LogP contribution in [0.25, 0.3) is 0 Å². The van der Waals surface area contributed by atoms with Gasteiger partial charge in [0.1, 0.15) is 0 Å². The van der Waals surface area contributed by atoms with Gasteiger partial charge in [-0.2, -0.15) is 12.6 Å². The summed E-state index contributed by atoms with van der Waals surface area (Å²) >= 11 is 4.42. The summed E-state index contributed by atoms with van der Waals surface area (Å²) in [7, 11) is 0. The summed E-state index contributed by atoms with van der Waals surface area (Å²) in [5.74, 6) is -1.19. The van der Waals surface area contributed by atoms with Crippen LogP contribution in [-0.2, 0) is 35.1 Å². The summed E-state index contributed by atoms with van der Waals surface area (Å²) < 4.78 is 21.3. The van der Waals surface area contributed by atoms with Crippen molar-refractivity contribution in [3.63, 3.8) is 0 Å². The average molecular weight is 370 g/mol. The van der Waals surface area contributed by atoms with Crippen LogP contribution in [-0.4, -0.2) is 53.5 Å². The highest BCUT2D eigenvalue weighted by Gasteiger charge is 2.48. The predicted octanol–water partition coefficient (Wildman–Crippen LogP) is 1.08. The largest absolute Gasteiger partial charge is 0.457 e. The number of benzene rings is 1. The Bertz CT molecular complexity index is 580. The van der Waals surface area contributed by atoms with Gasteiger partial charge in [0.2, 0.25) is 0 Å². The van der Waals surface area contributed by atoms with Crippen LogP contribution >= 0.6 is 12.6 Å². The lowest BCUT2D eigenvalue weighted by molar-refractivity contribution is -0.261. The van der Waals surface area contributed by atoms with Gasteiger partial charge in [0, 0.05) is 13.8 Å². The fourth-order valence-corrected chi connectivity index (χ4v) is 2.94. The summed E-state index contributed by atoms with van der Waals surface area (Å²) in [6.07, 6.45) is -4.17. The molecule has 0 unspecified atom stereocenters. The van der Waals surface area contributed by atoms with Gasteiger partial charge in [-0.15, -0.1) is 0 Å². The van der Waals surface area contributed by atoms with Crippen molar-refractivity contribution in [2.45, 2.75) is 50.3 Å². The fourth-order valence-electron chi connectivity index (χ4n) is 2.56. The van der Waals surface area contributed by atoms with Gasteiger partial charge in [-0.05, 0) is 5.56 Å². The first kappa shape index (κ1) is 19.7. The Morgan fingerprint density at radius 2 is 1.72 bits per heavy atom. The third kappa shape index (κ3) is 5.71. The Kier molecular flexibility index (Phi) is 7.24. The Hall–Kier alpha value is -1.61. The SMILES string of the molecule is CC(=O)O[C@@H]1[C@@H](OC(C)=O)[C@H](S)[C@@H](COCc2ccccc2)O[C@@H]1O. The fraction of sp³-hybridized carbons (Fsp3) is 0.529. The second-order valence-corrected chi connectivity index (χ2v) is 6.30. The first-order valence-corrected chi connectivity index (χ1v) is 8.38. The molecule has 138 valence electrons. The Morgan fingerprint density at radius 3 is 2.32 bits per heavy atom. The number of aliphatic hydroxyl groups excluding tert-OH is 1. The molecule has 7 nitrogen and oxygen atoms in total. The van der Waals surface area contributed by atoms with Gasteiger partial charge in [0.25, 0.3) is 0 Å². The highest BCUT2D eigenvalue weighted by Crippen LogP contribution is 2.29. The Balaban J connectivity index is 1.99. The molecule has 1 aromatic rings. The number of esters is 2. The minimum Gasteiger partial charge on any atom is -0.457 e. The second-order valence-electron chi connectivity index (χ2n) is 5.70. The first-order chi connectivity index (χ1) is 11.9. The number of ether oxygens (including phenoxy) is 4. The standard InChI is InChI=1S/C17H22O7S/c1-10(18)22-14-15(23-11(2)19)17(20)24-13(16(14)25)9-21-8-12-6-4-3-5-7-12/h3-7,13-17,20,25H,8-9H2,1-2H3/t13-,14-,15-,16-,17+/m1/s1. The molecule has 0 saturated carbocycles. The Morgan fingerprint density at radius 1 is 1.12 bits per heavy atom. The maximum atomic E-state index is 11.4. The van der Waals surface area contributed by atoms with E-state index >= 15 is 0 Å². The molecule has 1 aromatic carbocycles. The lowest BCUT2D eigenvalue weighted by Gasteiger charge is -2.41. The first-order valence-electron chi connectivity index (χ1n) is 7.86. The van der Waals surface area contributed by atoms with Crippen molar-refractivity contribution >= 4 is 24.6 Å². The van der Waals surface area contributed by atoms with E-state index < -0.39 is 41.8 Å². The number of hydrogen-bond acceptors (Lipinski definition) is 8. The van der Waals surface area contributed by atoms with E-state index in [4.69, 9.17) is 18.9 Å². The molecule has 0 aromatic heterocycles. The number of carbonyl (C=O) groups is 2. The predicted molar refractivity (Wildman–Crippen MR) is 90.9 cm³/mol. The molecule has 1 heterocycles. The van der Waals surface area contributed by atoms with Gasteiger partial charge in [-0.3, -0.25) is 9.59 Å².